The largest absolute Gasteiger partial charge is 0.479 e. The summed E-state index contributed by atoms with van der Waals surface area (Å²) in [4.78, 5) is 10.6. The highest BCUT2D eigenvalue weighted by atomic mass is 16.5. The molecule has 19 heavy (non-hydrogen) atoms. The zero-order chi connectivity index (χ0) is 16.0. The van der Waals surface area contributed by atoms with Crippen LogP contribution in [0, 0.1) is 31.6 Å². The molecule has 5 nitrogen and oxygen atoms in total. The first-order valence-electron chi connectivity index (χ1n) is 5.68. The van der Waals surface area contributed by atoms with Gasteiger partial charge in [0.05, 0.1) is 12.2 Å². The summed E-state index contributed by atoms with van der Waals surface area (Å²) in [5.74, 6) is -0.735. The Bertz CT molecular complexity index is 251. The minimum atomic E-state index is -0.982. The molecule has 0 spiro atoms. The van der Waals surface area contributed by atoms with Crippen molar-refractivity contribution in [3.8, 4) is 25.7 Å². The highest BCUT2D eigenvalue weighted by Gasteiger charge is 2.33. The fourth-order valence-electron chi connectivity index (χ4n) is 1.52. The van der Waals surface area contributed by atoms with Crippen LogP contribution in [0.25, 0.3) is 0 Å². The lowest BCUT2D eigenvalue weighted by molar-refractivity contribution is -0.169. The minimum absolute atomic E-state index is 0.134. The molecule has 1 unspecified atom stereocenters. The summed E-state index contributed by atoms with van der Waals surface area (Å²) in [6.07, 6.45) is 15.2. The fraction of sp³-hybridized carbons (Fsp3) is 0.643. The van der Waals surface area contributed by atoms with Crippen LogP contribution in [0.15, 0.2) is 0 Å². The number of carboxylic acid groups (broad SMARTS) is 1. The van der Waals surface area contributed by atoms with Gasteiger partial charge in [-0.05, 0) is 12.3 Å². The molecule has 1 rings (SSSR count). The van der Waals surface area contributed by atoms with E-state index in [1.54, 1.807) is 0 Å². The van der Waals surface area contributed by atoms with Crippen LogP contribution < -0.4 is 0 Å². The van der Waals surface area contributed by atoms with Crippen LogP contribution in [0.5, 0.6) is 0 Å². The van der Waals surface area contributed by atoms with E-state index in [4.69, 9.17) is 14.9 Å². The lowest BCUT2D eigenvalue weighted by Crippen LogP contribution is -2.42. The maximum absolute atomic E-state index is 10.6. The van der Waals surface area contributed by atoms with Crippen LogP contribution in [-0.2, 0) is 9.53 Å². The van der Waals surface area contributed by atoms with Crippen LogP contribution in [0.1, 0.15) is 26.7 Å². The van der Waals surface area contributed by atoms with E-state index in [9.17, 15) is 9.90 Å². The van der Waals surface area contributed by atoms with E-state index in [-0.39, 0.29) is 18.4 Å². The Morgan fingerprint density at radius 1 is 1.16 bits per heavy atom. The number of hydrogen-bond acceptors (Lipinski definition) is 4. The number of carboxylic acids is 1. The SMILES string of the molecule is C#C.C#C.CC(C)C1C[C@@H](O)C[C@@H](C(=O)O)O1.CO. The number of terminal acetylenes is 2. The van der Waals surface area contributed by atoms with Crippen molar-refractivity contribution in [2.24, 2.45) is 5.92 Å². The number of hydrogen-bond donors (Lipinski definition) is 3. The normalized spacial score (nSPS) is 24.4. The van der Waals surface area contributed by atoms with Gasteiger partial charge in [0, 0.05) is 13.5 Å². The molecule has 5 heteroatoms. The maximum atomic E-state index is 10.6. The van der Waals surface area contributed by atoms with Gasteiger partial charge in [-0.1, -0.05) is 13.8 Å². The summed E-state index contributed by atoms with van der Waals surface area (Å²) in [7, 11) is 1.00. The predicted molar refractivity (Wildman–Crippen MR) is 74.3 cm³/mol. The van der Waals surface area contributed by atoms with Gasteiger partial charge in [0.25, 0.3) is 0 Å². The Morgan fingerprint density at radius 3 is 1.89 bits per heavy atom. The van der Waals surface area contributed by atoms with Gasteiger partial charge in [-0.2, -0.15) is 0 Å². The van der Waals surface area contributed by atoms with Gasteiger partial charge in [0.2, 0.25) is 0 Å². The summed E-state index contributed by atoms with van der Waals surface area (Å²) in [6, 6.07) is 0. The molecule has 1 fully saturated rings. The van der Waals surface area contributed by atoms with Crippen LogP contribution >= 0.6 is 0 Å². The van der Waals surface area contributed by atoms with Crippen molar-refractivity contribution in [3.63, 3.8) is 0 Å². The molecular formula is C14H24O5. The lowest BCUT2D eigenvalue weighted by Gasteiger charge is -2.33. The Balaban J connectivity index is -0.000000375. The second kappa shape index (κ2) is 14.5. The van der Waals surface area contributed by atoms with E-state index in [1.165, 1.54) is 0 Å². The lowest BCUT2D eigenvalue weighted by atomic mass is 9.94. The van der Waals surface area contributed by atoms with Crippen molar-refractivity contribution in [1.82, 2.24) is 0 Å². The summed E-state index contributed by atoms with van der Waals surface area (Å²) < 4.78 is 5.32. The molecule has 1 saturated heterocycles. The molecular weight excluding hydrogens is 248 g/mol. The van der Waals surface area contributed by atoms with Crippen molar-refractivity contribution in [3.05, 3.63) is 0 Å². The molecule has 0 amide bonds. The standard InChI is InChI=1S/C9H16O4.2C2H2.CH4O/c1-5(2)7-3-6(10)4-8(13-7)9(11)12;3*1-2/h5-8,10H,3-4H2,1-2H3,(H,11,12);2*1-2H;2H,1H3/t6-,7?,8+;;;/m1.../s1. The third-order valence-corrected chi connectivity index (χ3v) is 2.35. The second-order valence-electron chi connectivity index (χ2n) is 3.87. The molecule has 0 radical (unpaired) electrons. The van der Waals surface area contributed by atoms with Gasteiger partial charge in [-0.15, -0.1) is 25.7 Å². The van der Waals surface area contributed by atoms with Crippen LogP contribution in [-0.4, -0.2) is 46.7 Å². The van der Waals surface area contributed by atoms with Crippen molar-refractivity contribution in [1.29, 1.82) is 0 Å². The van der Waals surface area contributed by atoms with E-state index < -0.39 is 18.2 Å². The molecule has 0 aliphatic carbocycles. The average molecular weight is 272 g/mol. The van der Waals surface area contributed by atoms with Gasteiger partial charge in [-0.3, -0.25) is 0 Å². The molecule has 3 atom stereocenters. The Morgan fingerprint density at radius 2 is 1.58 bits per heavy atom. The Labute approximate surface area is 115 Å². The topological polar surface area (TPSA) is 87.0 Å². The molecule has 1 aliphatic rings. The Kier molecular flexibility index (Phi) is 17.3. The molecule has 0 aromatic carbocycles. The molecule has 0 bridgehead atoms. The number of ether oxygens (including phenoxy) is 1. The summed E-state index contributed by atoms with van der Waals surface area (Å²) in [5.41, 5.74) is 0. The summed E-state index contributed by atoms with van der Waals surface area (Å²) >= 11 is 0. The van der Waals surface area contributed by atoms with Crippen molar-refractivity contribution >= 4 is 5.97 Å². The first-order chi connectivity index (χ1) is 9.00. The van der Waals surface area contributed by atoms with E-state index in [0.717, 1.165) is 7.11 Å². The smallest absolute Gasteiger partial charge is 0.332 e. The maximum Gasteiger partial charge on any atom is 0.332 e. The summed E-state index contributed by atoms with van der Waals surface area (Å²) in [5, 5.41) is 25.1. The molecule has 0 aromatic heterocycles. The molecule has 0 saturated carbocycles. The number of aliphatic carboxylic acids is 1. The van der Waals surface area contributed by atoms with E-state index in [2.05, 4.69) is 25.7 Å². The number of rotatable bonds is 2. The van der Waals surface area contributed by atoms with Gasteiger partial charge in [0.15, 0.2) is 6.10 Å². The van der Waals surface area contributed by atoms with E-state index in [1.807, 2.05) is 13.8 Å². The Hall–Kier alpha value is -1.53. The third-order valence-electron chi connectivity index (χ3n) is 2.35. The average Bonchev–Trinajstić information content (AvgIpc) is 2.44. The first kappa shape index (κ1) is 22.6. The number of aliphatic hydroxyl groups excluding tert-OH is 2. The van der Waals surface area contributed by atoms with Crippen molar-refractivity contribution in [2.45, 2.75) is 45.0 Å². The van der Waals surface area contributed by atoms with Crippen molar-refractivity contribution in [2.75, 3.05) is 7.11 Å². The molecule has 1 heterocycles. The van der Waals surface area contributed by atoms with E-state index in [0.29, 0.717) is 6.42 Å². The third kappa shape index (κ3) is 10.1. The predicted octanol–water partition coefficient (Wildman–Crippen LogP) is 0.743. The highest BCUT2D eigenvalue weighted by molar-refractivity contribution is 5.72. The number of aliphatic hydroxyl groups is 2. The number of carbonyl (C=O) groups is 1. The van der Waals surface area contributed by atoms with Gasteiger partial charge < -0.3 is 20.1 Å². The molecule has 3 N–H and O–H groups in total. The second-order valence-corrected chi connectivity index (χ2v) is 3.87. The van der Waals surface area contributed by atoms with Gasteiger partial charge in [0.1, 0.15) is 0 Å². The quantitative estimate of drug-likeness (QED) is 0.645. The molecule has 110 valence electrons. The highest BCUT2D eigenvalue weighted by Crippen LogP contribution is 2.24. The van der Waals surface area contributed by atoms with E-state index >= 15 is 0 Å². The van der Waals surface area contributed by atoms with Crippen LogP contribution in [0.3, 0.4) is 0 Å². The van der Waals surface area contributed by atoms with Gasteiger partial charge in [-0.25, -0.2) is 4.79 Å². The zero-order valence-corrected chi connectivity index (χ0v) is 11.7. The summed E-state index contributed by atoms with van der Waals surface area (Å²) in [6.45, 7) is 3.92. The zero-order valence-electron chi connectivity index (χ0n) is 11.7. The van der Waals surface area contributed by atoms with Crippen LogP contribution in [0.4, 0.5) is 0 Å². The monoisotopic (exact) mass is 272 g/mol. The molecule has 0 aromatic rings. The molecule has 1 aliphatic heterocycles. The first-order valence-corrected chi connectivity index (χ1v) is 5.68. The van der Waals surface area contributed by atoms with Gasteiger partial charge >= 0.3 is 5.97 Å². The fourth-order valence-corrected chi connectivity index (χ4v) is 1.52. The van der Waals surface area contributed by atoms with Crippen molar-refractivity contribution < 1.29 is 24.9 Å². The minimum Gasteiger partial charge on any atom is -0.479 e. The van der Waals surface area contributed by atoms with Crippen LogP contribution in [0.2, 0.25) is 0 Å².